The number of nitrogens with zero attached hydrogens (tertiary/aromatic N) is 2. The van der Waals surface area contributed by atoms with Crippen LogP contribution in [0.15, 0.2) is 42.5 Å². The second kappa shape index (κ2) is 6.31. The Balaban J connectivity index is 2.13. The SMILES string of the molecule is COc1ccc2c(c1)c(OC(C)C)nn2C(=O)c1ccc(F)cc1. The van der Waals surface area contributed by atoms with Crippen LogP contribution in [0.3, 0.4) is 0 Å². The first-order valence-corrected chi connectivity index (χ1v) is 7.53. The molecule has 124 valence electrons. The van der Waals surface area contributed by atoms with Crippen LogP contribution in [0.2, 0.25) is 0 Å². The molecule has 0 saturated heterocycles. The van der Waals surface area contributed by atoms with E-state index in [2.05, 4.69) is 5.10 Å². The third kappa shape index (κ3) is 2.95. The normalized spacial score (nSPS) is 11.0. The van der Waals surface area contributed by atoms with Crippen molar-refractivity contribution in [2.45, 2.75) is 20.0 Å². The third-order valence-electron chi connectivity index (χ3n) is 3.48. The van der Waals surface area contributed by atoms with Gasteiger partial charge in [0.25, 0.3) is 5.91 Å². The second-order valence-electron chi connectivity index (χ2n) is 5.58. The van der Waals surface area contributed by atoms with Gasteiger partial charge in [-0.3, -0.25) is 4.79 Å². The molecule has 0 unspecified atom stereocenters. The van der Waals surface area contributed by atoms with Gasteiger partial charge in [0.05, 0.1) is 24.1 Å². The summed E-state index contributed by atoms with van der Waals surface area (Å²) in [6, 6.07) is 10.6. The van der Waals surface area contributed by atoms with Gasteiger partial charge in [-0.15, -0.1) is 5.10 Å². The van der Waals surface area contributed by atoms with E-state index in [9.17, 15) is 9.18 Å². The van der Waals surface area contributed by atoms with Crippen molar-refractivity contribution < 1.29 is 18.7 Å². The van der Waals surface area contributed by atoms with E-state index in [1.165, 1.54) is 28.9 Å². The molecule has 0 atom stereocenters. The van der Waals surface area contributed by atoms with E-state index in [1.807, 2.05) is 13.8 Å². The Kier molecular flexibility index (Phi) is 4.20. The van der Waals surface area contributed by atoms with Crippen molar-refractivity contribution in [1.29, 1.82) is 0 Å². The first kappa shape index (κ1) is 16.0. The summed E-state index contributed by atoms with van der Waals surface area (Å²) < 4.78 is 25.3. The van der Waals surface area contributed by atoms with E-state index in [0.29, 0.717) is 28.1 Å². The van der Waals surface area contributed by atoms with E-state index in [-0.39, 0.29) is 12.0 Å². The number of hydrogen-bond donors (Lipinski definition) is 0. The lowest BCUT2D eigenvalue weighted by molar-refractivity contribution is 0.0946. The molecule has 0 aliphatic heterocycles. The van der Waals surface area contributed by atoms with Crippen LogP contribution in [-0.4, -0.2) is 28.9 Å². The number of aromatic nitrogens is 2. The molecule has 0 saturated carbocycles. The van der Waals surface area contributed by atoms with E-state index >= 15 is 0 Å². The van der Waals surface area contributed by atoms with Crippen LogP contribution in [-0.2, 0) is 0 Å². The number of fused-ring (bicyclic) bond motifs is 1. The first-order valence-electron chi connectivity index (χ1n) is 7.53. The van der Waals surface area contributed by atoms with Crippen molar-refractivity contribution in [2.24, 2.45) is 0 Å². The van der Waals surface area contributed by atoms with Crippen LogP contribution in [0, 0.1) is 5.82 Å². The van der Waals surface area contributed by atoms with E-state index in [0.717, 1.165) is 0 Å². The Bertz CT molecular complexity index is 885. The molecule has 3 aromatic rings. The van der Waals surface area contributed by atoms with Gasteiger partial charge in [-0.2, -0.15) is 4.68 Å². The fraction of sp³-hybridized carbons (Fsp3) is 0.222. The number of carbonyl (C=O) groups is 1. The summed E-state index contributed by atoms with van der Waals surface area (Å²) in [4.78, 5) is 12.7. The summed E-state index contributed by atoms with van der Waals surface area (Å²) >= 11 is 0. The lowest BCUT2D eigenvalue weighted by atomic mass is 10.2. The molecule has 0 amide bonds. The standard InChI is InChI=1S/C18H17FN2O3/c1-11(2)24-17-15-10-14(23-3)8-9-16(15)21(20-17)18(22)12-4-6-13(19)7-5-12/h4-11H,1-3H3. The molecule has 0 radical (unpaired) electrons. The fourth-order valence-electron chi connectivity index (χ4n) is 2.38. The minimum atomic E-state index is -0.398. The highest BCUT2D eigenvalue weighted by Gasteiger charge is 2.19. The van der Waals surface area contributed by atoms with Gasteiger partial charge in [0.2, 0.25) is 5.88 Å². The summed E-state index contributed by atoms with van der Waals surface area (Å²) in [6.45, 7) is 3.76. The molecule has 24 heavy (non-hydrogen) atoms. The van der Waals surface area contributed by atoms with Crippen LogP contribution in [0.1, 0.15) is 24.2 Å². The largest absolute Gasteiger partial charge is 0.497 e. The second-order valence-corrected chi connectivity index (χ2v) is 5.58. The highest BCUT2D eigenvalue weighted by atomic mass is 19.1. The van der Waals surface area contributed by atoms with Gasteiger partial charge in [0.15, 0.2) is 0 Å². The number of halogens is 1. The molecule has 1 aromatic heterocycles. The van der Waals surface area contributed by atoms with Crippen LogP contribution in [0.5, 0.6) is 11.6 Å². The predicted octanol–water partition coefficient (Wildman–Crippen LogP) is 3.66. The van der Waals surface area contributed by atoms with Crippen LogP contribution in [0.25, 0.3) is 10.9 Å². The van der Waals surface area contributed by atoms with Crippen LogP contribution in [0.4, 0.5) is 4.39 Å². The van der Waals surface area contributed by atoms with Gasteiger partial charge in [0, 0.05) is 5.56 Å². The van der Waals surface area contributed by atoms with Crippen molar-refractivity contribution >= 4 is 16.8 Å². The van der Waals surface area contributed by atoms with E-state index in [4.69, 9.17) is 9.47 Å². The monoisotopic (exact) mass is 328 g/mol. The molecule has 3 rings (SSSR count). The van der Waals surface area contributed by atoms with Crippen molar-refractivity contribution in [3.05, 3.63) is 53.8 Å². The number of ether oxygens (including phenoxy) is 2. The molecular weight excluding hydrogens is 311 g/mol. The van der Waals surface area contributed by atoms with E-state index < -0.39 is 5.82 Å². The van der Waals surface area contributed by atoms with Crippen molar-refractivity contribution in [1.82, 2.24) is 9.78 Å². The molecule has 0 fully saturated rings. The number of benzene rings is 2. The molecule has 0 bridgehead atoms. The molecule has 0 aliphatic rings. The Hall–Kier alpha value is -2.89. The zero-order chi connectivity index (χ0) is 17.3. The van der Waals surface area contributed by atoms with Crippen LogP contribution >= 0.6 is 0 Å². The predicted molar refractivity (Wildman–Crippen MR) is 88.2 cm³/mol. The summed E-state index contributed by atoms with van der Waals surface area (Å²) in [6.07, 6.45) is -0.0938. The molecule has 0 spiro atoms. The van der Waals surface area contributed by atoms with Crippen molar-refractivity contribution in [2.75, 3.05) is 7.11 Å². The summed E-state index contributed by atoms with van der Waals surface area (Å²) in [5.41, 5.74) is 0.938. The van der Waals surface area contributed by atoms with Crippen molar-refractivity contribution in [3.8, 4) is 11.6 Å². The van der Waals surface area contributed by atoms with Gasteiger partial charge in [0.1, 0.15) is 11.6 Å². The lowest BCUT2D eigenvalue weighted by Gasteiger charge is -2.06. The minimum absolute atomic E-state index is 0.0938. The highest BCUT2D eigenvalue weighted by Crippen LogP contribution is 2.30. The Morgan fingerprint density at radius 2 is 1.88 bits per heavy atom. The molecule has 2 aromatic carbocycles. The quantitative estimate of drug-likeness (QED) is 0.733. The zero-order valence-corrected chi connectivity index (χ0v) is 13.6. The average Bonchev–Trinajstić information content (AvgIpc) is 2.92. The van der Waals surface area contributed by atoms with Gasteiger partial charge in [-0.1, -0.05) is 0 Å². The summed E-state index contributed by atoms with van der Waals surface area (Å²) in [7, 11) is 1.57. The lowest BCUT2D eigenvalue weighted by Crippen LogP contribution is -2.14. The van der Waals surface area contributed by atoms with Gasteiger partial charge in [-0.25, -0.2) is 4.39 Å². The smallest absolute Gasteiger partial charge is 0.278 e. The maximum absolute atomic E-state index is 13.1. The Morgan fingerprint density at radius 1 is 1.17 bits per heavy atom. The minimum Gasteiger partial charge on any atom is -0.497 e. The maximum Gasteiger partial charge on any atom is 0.278 e. The number of rotatable bonds is 4. The Labute approximate surface area is 138 Å². The van der Waals surface area contributed by atoms with E-state index in [1.54, 1.807) is 25.3 Å². The topological polar surface area (TPSA) is 53.4 Å². The van der Waals surface area contributed by atoms with Crippen molar-refractivity contribution in [3.63, 3.8) is 0 Å². The Morgan fingerprint density at radius 3 is 2.50 bits per heavy atom. The molecule has 1 heterocycles. The highest BCUT2D eigenvalue weighted by molar-refractivity contribution is 6.02. The molecule has 0 N–H and O–H groups in total. The van der Waals surface area contributed by atoms with Gasteiger partial charge >= 0.3 is 0 Å². The maximum atomic E-state index is 13.1. The van der Waals surface area contributed by atoms with Gasteiger partial charge < -0.3 is 9.47 Å². The zero-order valence-electron chi connectivity index (χ0n) is 13.6. The molecule has 0 aliphatic carbocycles. The fourth-order valence-corrected chi connectivity index (χ4v) is 2.38. The molecular formula is C18H17FN2O3. The van der Waals surface area contributed by atoms with Crippen LogP contribution < -0.4 is 9.47 Å². The summed E-state index contributed by atoms with van der Waals surface area (Å²) in [5.74, 6) is 0.244. The summed E-state index contributed by atoms with van der Waals surface area (Å²) in [5, 5.41) is 4.98. The van der Waals surface area contributed by atoms with Gasteiger partial charge in [-0.05, 0) is 56.3 Å². The number of carbonyl (C=O) groups excluding carboxylic acids is 1. The molecule has 5 nitrogen and oxygen atoms in total. The molecule has 6 heteroatoms. The third-order valence-corrected chi connectivity index (χ3v) is 3.48. The number of hydrogen-bond acceptors (Lipinski definition) is 4. The average molecular weight is 328 g/mol. The first-order chi connectivity index (χ1) is 11.5. The number of methoxy groups -OCH3 is 1.